The van der Waals surface area contributed by atoms with Crippen LogP contribution in [-0.2, 0) is 6.42 Å². The van der Waals surface area contributed by atoms with Crippen molar-refractivity contribution in [3.8, 4) is 5.75 Å². The molecule has 0 aliphatic heterocycles. The summed E-state index contributed by atoms with van der Waals surface area (Å²) in [4.78, 5) is 0. The molecule has 0 atom stereocenters. The molecule has 14 heavy (non-hydrogen) atoms. The van der Waals surface area contributed by atoms with Crippen LogP contribution in [0.3, 0.4) is 0 Å². The molecule has 0 aromatic heterocycles. The highest BCUT2D eigenvalue weighted by Crippen LogP contribution is 2.30. The molecular weight excluding hydrogens is 192 g/mol. The van der Waals surface area contributed by atoms with E-state index in [4.69, 9.17) is 17.0 Å². The third kappa shape index (κ3) is 1.46. The molecule has 0 saturated carbocycles. The zero-order valence-electron chi connectivity index (χ0n) is 8.12. The van der Waals surface area contributed by atoms with Crippen molar-refractivity contribution in [3.05, 3.63) is 34.9 Å². The molecule has 0 heterocycles. The zero-order valence-corrected chi connectivity index (χ0v) is 8.93. The minimum atomic E-state index is 0.941. The van der Waals surface area contributed by atoms with Crippen LogP contribution in [0.4, 0.5) is 0 Å². The topological polar surface area (TPSA) is 9.23 Å². The van der Waals surface area contributed by atoms with Gasteiger partial charge in [-0.1, -0.05) is 30.4 Å². The van der Waals surface area contributed by atoms with Crippen LogP contribution in [0, 0.1) is 0 Å². The van der Waals surface area contributed by atoms with E-state index in [1.807, 2.05) is 12.1 Å². The average molecular weight is 204 g/mol. The first-order valence-electron chi connectivity index (χ1n) is 4.68. The molecule has 2 heteroatoms. The Labute approximate surface area is 89.4 Å². The highest BCUT2D eigenvalue weighted by atomic mass is 32.1. The summed E-state index contributed by atoms with van der Waals surface area (Å²) in [5.74, 6) is 0.941. The monoisotopic (exact) mass is 204 g/mol. The number of methoxy groups -OCH3 is 1. The number of thiocarbonyl (C=S) groups is 1. The number of benzene rings is 1. The molecule has 1 aliphatic carbocycles. The van der Waals surface area contributed by atoms with E-state index >= 15 is 0 Å². The molecule has 1 nitrogen and oxygen atoms in total. The number of allylic oxidation sites excluding steroid dienone is 1. The largest absolute Gasteiger partial charge is 0.496 e. The predicted molar refractivity (Wildman–Crippen MR) is 63.1 cm³/mol. The fraction of sp³-hybridized carbons (Fsp3) is 0.250. The number of fused-ring (bicyclic) bond motifs is 1. The fourth-order valence-electron chi connectivity index (χ4n) is 1.84. The van der Waals surface area contributed by atoms with E-state index in [0.717, 1.165) is 24.2 Å². The van der Waals surface area contributed by atoms with Gasteiger partial charge in [-0.25, -0.2) is 0 Å². The van der Waals surface area contributed by atoms with Gasteiger partial charge in [0, 0.05) is 10.9 Å². The highest BCUT2D eigenvalue weighted by Gasteiger charge is 2.12. The van der Waals surface area contributed by atoms with Crippen LogP contribution in [0.2, 0.25) is 0 Å². The first-order valence-corrected chi connectivity index (χ1v) is 5.15. The van der Waals surface area contributed by atoms with Gasteiger partial charge in [0.05, 0.1) is 7.11 Å². The molecule has 0 unspecified atom stereocenters. The normalized spacial score (nSPS) is 13.5. The van der Waals surface area contributed by atoms with Gasteiger partial charge in [0.2, 0.25) is 0 Å². The van der Waals surface area contributed by atoms with Crippen LogP contribution in [0.1, 0.15) is 23.1 Å². The first-order chi connectivity index (χ1) is 6.86. The van der Waals surface area contributed by atoms with E-state index < -0.39 is 0 Å². The molecule has 72 valence electrons. The fourth-order valence-corrected chi connectivity index (χ4v) is 2.06. The molecule has 0 radical (unpaired) electrons. The van der Waals surface area contributed by atoms with Crippen molar-refractivity contribution < 1.29 is 4.74 Å². The van der Waals surface area contributed by atoms with Crippen molar-refractivity contribution in [3.63, 3.8) is 0 Å². The van der Waals surface area contributed by atoms with Crippen molar-refractivity contribution in [1.82, 2.24) is 0 Å². The van der Waals surface area contributed by atoms with E-state index in [2.05, 4.69) is 12.2 Å². The Hall–Kier alpha value is -1.15. The highest BCUT2D eigenvalue weighted by molar-refractivity contribution is 7.79. The molecule has 0 fully saturated rings. The Bertz CT molecular complexity index is 394. The van der Waals surface area contributed by atoms with Gasteiger partial charge in [-0.05, 0) is 30.0 Å². The van der Waals surface area contributed by atoms with E-state index in [9.17, 15) is 0 Å². The first kappa shape index (κ1) is 9.41. The maximum absolute atomic E-state index is 5.31. The van der Waals surface area contributed by atoms with Crippen molar-refractivity contribution in [1.29, 1.82) is 0 Å². The van der Waals surface area contributed by atoms with E-state index in [1.165, 1.54) is 11.1 Å². The van der Waals surface area contributed by atoms with Crippen LogP contribution in [0.5, 0.6) is 5.75 Å². The molecule has 0 bridgehead atoms. The lowest BCUT2D eigenvalue weighted by atomic mass is 9.92. The van der Waals surface area contributed by atoms with Crippen LogP contribution in [0.15, 0.2) is 18.2 Å². The second-order valence-corrected chi connectivity index (χ2v) is 3.54. The number of hydrogen-bond acceptors (Lipinski definition) is 2. The molecule has 1 aromatic rings. The Morgan fingerprint density at radius 1 is 1.43 bits per heavy atom. The lowest BCUT2D eigenvalue weighted by Gasteiger charge is -2.16. The molecule has 0 spiro atoms. The number of ether oxygens (including phenoxy) is 1. The quantitative estimate of drug-likeness (QED) is 0.685. The minimum absolute atomic E-state index is 0.941. The Morgan fingerprint density at radius 3 is 3.00 bits per heavy atom. The van der Waals surface area contributed by atoms with Gasteiger partial charge < -0.3 is 4.74 Å². The maximum Gasteiger partial charge on any atom is 0.126 e. The summed E-state index contributed by atoms with van der Waals surface area (Å²) >= 11 is 4.99. The van der Waals surface area contributed by atoms with Gasteiger partial charge in [0.25, 0.3) is 0 Å². The van der Waals surface area contributed by atoms with E-state index in [1.54, 1.807) is 12.5 Å². The summed E-state index contributed by atoms with van der Waals surface area (Å²) in [5.41, 5.74) is 3.67. The van der Waals surface area contributed by atoms with Crippen molar-refractivity contribution in [2.45, 2.75) is 12.8 Å². The predicted octanol–water partition coefficient (Wildman–Crippen LogP) is 3.00. The van der Waals surface area contributed by atoms with Gasteiger partial charge in [-0.2, -0.15) is 0 Å². The summed E-state index contributed by atoms with van der Waals surface area (Å²) in [5, 5.41) is 1.75. The third-order valence-corrected chi connectivity index (χ3v) is 2.80. The van der Waals surface area contributed by atoms with Crippen molar-refractivity contribution in [2.75, 3.05) is 7.11 Å². The summed E-state index contributed by atoms with van der Waals surface area (Å²) in [6, 6.07) is 4.01. The zero-order chi connectivity index (χ0) is 9.97. The molecule has 0 amide bonds. The van der Waals surface area contributed by atoms with Crippen molar-refractivity contribution >= 4 is 23.7 Å². The standard InChI is InChI=1S/C12H12OS/c1-13-12-7-6-9(8-14)10-4-2-3-5-11(10)12/h3,5-8H,2,4H2,1H3. The van der Waals surface area contributed by atoms with Crippen LogP contribution in [0.25, 0.3) is 6.08 Å². The third-order valence-electron chi connectivity index (χ3n) is 2.55. The van der Waals surface area contributed by atoms with Gasteiger partial charge in [-0.3, -0.25) is 0 Å². The van der Waals surface area contributed by atoms with Gasteiger partial charge >= 0.3 is 0 Å². The van der Waals surface area contributed by atoms with Gasteiger partial charge in [0.1, 0.15) is 5.75 Å². The second kappa shape index (κ2) is 3.93. The second-order valence-electron chi connectivity index (χ2n) is 3.31. The van der Waals surface area contributed by atoms with Gasteiger partial charge in [-0.15, -0.1) is 0 Å². The van der Waals surface area contributed by atoms with E-state index in [-0.39, 0.29) is 0 Å². The molecular formula is C12H12OS. The SMILES string of the molecule is COc1ccc(C=S)c2c1C=CCC2. The lowest BCUT2D eigenvalue weighted by Crippen LogP contribution is -2.01. The Kier molecular flexibility index (Phi) is 2.64. The number of rotatable bonds is 2. The van der Waals surface area contributed by atoms with Crippen LogP contribution >= 0.6 is 12.2 Å². The number of hydrogen-bond donors (Lipinski definition) is 0. The van der Waals surface area contributed by atoms with Crippen LogP contribution < -0.4 is 4.74 Å². The Morgan fingerprint density at radius 2 is 2.29 bits per heavy atom. The molecule has 1 aliphatic rings. The van der Waals surface area contributed by atoms with Gasteiger partial charge in [0.15, 0.2) is 0 Å². The van der Waals surface area contributed by atoms with E-state index in [0.29, 0.717) is 0 Å². The lowest BCUT2D eigenvalue weighted by molar-refractivity contribution is 0.413. The average Bonchev–Trinajstić information content (AvgIpc) is 2.27. The van der Waals surface area contributed by atoms with Crippen molar-refractivity contribution in [2.24, 2.45) is 0 Å². The minimum Gasteiger partial charge on any atom is -0.496 e. The molecule has 2 rings (SSSR count). The molecule has 0 N–H and O–H groups in total. The molecule has 0 saturated heterocycles. The summed E-state index contributed by atoms with van der Waals surface area (Å²) in [7, 11) is 1.70. The Balaban J connectivity index is 2.63. The maximum atomic E-state index is 5.31. The summed E-state index contributed by atoms with van der Waals surface area (Å²) in [6.07, 6.45) is 6.46. The summed E-state index contributed by atoms with van der Waals surface area (Å²) < 4.78 is 5.31. The summed E-state index contributed by atoms with van der Waals surface area (Å²) in [6.45, 7) is 0. The molecule has 1 aromatic carbocycles. The smallest absolute Gasteiger partial charge is 0.126 e. The van der Waals surface area contributed by atoms with Crippen LogP contribution in [-0.4, -0.2) is 12.5 Å².